The molecular weight excluding hydrogens is 378 g/mol. The minimum atomic E-state index is -3.62. The number of nitrogens with one attached hydrogen (secondary N) is 1. The summed E-state index contributed by atoms with van der Waals surface area (Å²) in [6.45, 7) is 1.45. The van der Waals surface area contributed by atoms with Crippen LogP contribution in [0.1, 0.15) is 28.0 Å². The Balaban J connectivity index is 1.48. The molecule has 1 N–H and O–H groups in total. The Morgan fingerprint density at radius 2 is 1.89 bits per heavy atom. The van der Waals surface area contributed by atoms with Gasteiger partial charge in [-0.15, -0.1) is 0 Å². The highest BCUT2D eigenvalue weighted by Gasteiger charge is 2.29. The molecule has 1 unspecified atom stereocenters. The maximum atomic E-state index is 12.8. The molecule has 1 aliphatic carbocycles. The Hall–Kier alpha value is -2.16. The molecule has 0 bridgehead atoms. The fraction of sp³-hybridized carbons (Fsp3) is 0.450. The number of hydrogen-bond donors (Lipinski definition) is 1. The Bertz CT molecular complexity index is 977. The lowest BCUT2D eigenvalue weighted by atomic mass is 9.88. The summed E-state index contributed by atoms with van der Waals surface area (Å²) in [5, 5.41) is 3.07. The molecule has 1 aromatic heterocycles. The van der Waals surface area contributed by atoms with E-state index in [4.69, 9.17) is 4.74 Å². The van der Waals surface area contributed by atoms with Gasteiger partial charge in [0, 0.05) is 32.4 Å². The number of carbonyl (C=O) groups is 1. The van der Waals surface area contributed by atoms with Crippen molar-refractivity contribution >= 4 is 15.9 Å². The highest BCUT2D eigenvalue weighted by molar-refractivity contribution is 7.89. The van der Waals surface area contributed by atoms with Gasteiger partial charge in [0.05, 0.1) is 13.2 Å². The molecular formula is C20H25N3O4S. The zero-order valence-corrected chi connectivity index (χ0v) is 16.7. The van der Waals surface area contributed by atoms with Gasteiger partial charge in [-0.05, 0) is 36.5 Å². The highest BCUT2D eigenvalue weighted by Crippen LogP contribution is 2.23. The van der Waals surface area contributed by atoms with Crippen LogP contribution in [0.15, 0.2) is 41.4 Å². The predicted octanol–water partition coefficient (Wildman–Crippen LogP) is 1.33. The monoisotopic (exact) mass is 403 g/mol. The van der Waals surface area contributed by atoms with Gasteiger partial charge in [-0.1, -0.05) is 24.3 Å². The normalized spacial score (nSPS) is 20.5. The number of morpholine rings is 1. The van der Waals surface area contributed by atoms with Gasteiger partial charge in [-0.25, -0.2) is 8.42 Å². The molecule has 28 heavy (non-hydrogen) atoms. The van der Waals surface area contributed by atoms with Crippen LogP contribution in [0.25, 0.3) is 0 Å². The zero-order chi connectivity index (χ0) is 19.7. The molecule has 2 heterocycles. The van der Waals surface area contributed by atoms with Crippen molar-refractivity contribution in [2.45, 2.75) is 30.2 Å². The number of amides is 1. The Morgan fingerprint density at radius 3 is 2.64 bits per heavy atom. The minimum absolute atomic E-state index is 0.0524. The summed E-state index contributed by atoms with van der Waals surface area (Å²) < 4.78 is 33.9. The Labute approximate surface area is 165 Å². The van der Waals surface area contributed by atoms with Crippen molar-refractivity contribution in [3.05, 3.63) is 53.3 Å². The smallest absolute Gasteiger partial charge is 0.268 e. The third-order valence-electron chi connectivity index (χ3n) is 5.50. The van der Waals surface area contributed by atoms with Crippen LogP contribution in [-0.2, 0) is 34.6 Å². The van der Waals surface area contributed by atoms with Crippen LogP contribution < -0.4 is 5.32 Å². The third kappa shape index (κ3) is 3.72. The average Bonchev–Trinajstić information content (AvgIpc) is 3.11. The van der Waals surface area contributed by atoms with Crippen LogP contribution in [-0.4, -0.2) is 55.5 Å². The van der Waals surface area contributed by atoms with Gasteiger partial charge in [0.25, 0.3) is 5.91 Å². The minimum Gasteiger partial charge on any atom is -0.379 e. The van der Waals surface area contributed by atoms with E-state index < -0.39 is 10.0 Å². The van der Waals surface area contributed by atoms with E-state index in [2.05, 4.69) is 17.4 Å². The summed E-state index contributed by atoms with van der Waals surface area (Å²) in [7, 11) is -1.92. The largest absolute Gasteiger partial charge is 0.379 e. The van der Waals surface area contributed by atoms with Crippen LogP contribution in [0, 0.1) is 0 Å². The van der Waals surface area contributed by atoms with Crippen molar-refractivity contribution in [3.63, 3.8) is 0 Å². The molecule has 0 spiro atoms. The lowest BCUT2D eigenvalue weighted by Gasteiger charge is -2.25. The standard InChI is InChI=1S/C20H25N3O4S/c1-22-14-18(28(25,26)23-8-10-27-11-9-23)13-19(22)20(24)21-17-7-6-15-4-2-3-5-16(15)12-17/h2-5,13-14,17H,6-12H2,1H3,(H,21,24). The SMILES string of the molecule is Cn1cc(S(=O)(=O)N2CCOCC2)cc1C(=O)NC1CCc2ccccc2C1. The van der Waals surface area contributed by atoms with Crippen LogP contribution in [0.5, 0.6) is 0 Å². The topological polar surface area (TPSA) is 80.6 Å². The second-order valence-electron chi connectivity index (χ2n) is 7.37. The summed E-state index contributed by atoms with van der Waals surface area (Å²) in [6, 6.07) is 9.81. The fourth-order valence-electron chi connectivity index (χ4n) is 3.92. The van der Waals surface area contributed by atoms with E-state index in [9.17, 15) is 13.2 Å². The third-order valence-corrected chi connectivity index (χ3v) is 7.37. The maximum Gasteiger partial charge on any atom is 0.268 e. The second kappa shape index (κ2) is 7.69. The predicted molar refractivity (Wildman–Crippen MR) is 105 cm³/mol. The number of carbonyl (C=O) groups excluding carboxylic acids is 1. The van der Waals surface area contributed by atoms with Gasteiger partial charge in [-0.2, -0.15) is 4.31 Å². The van der Waals surface area contributed by atoms with E-state index in [0.29, 0.717) is 32.0 Å². The van der Waals surface area contributed by atoms with Gasteiger partial charge in [0.2, 0.25) is 10.0 Å². The van der Waals surface area contributed by atoms with E-state index in [1.807, 2.05) is 12.1 Å². The average molecular weight is 404 g/mol. The zero-order valence-electron chi connectivity index (χ0n) is 15.9. The molecule has 4 rings (SSSR count). The van der Waals surface area contributed by atoms with E-state index >= 15 is 0 Å². The molecule has 150 valence electrons. The quantitative estimate of drug-likeness (QED) is 0.835. The van der Waals surface area contributed by atoms with E-state index in [0.717, 1.165) is 19.3 Å². The van der Waals surface area contributed by atoms with Gasteiger partial charge in [0.15, 0.2) is 0 Å². The first-order valence-electron chi connectivity index (χ1n) is 9.57. The van der Waals surface area contributed by atoms with Crippen molar-refractivity contribution in [2.75, 3.05) is 26.3 Å². The molecule has 7 nitrogen and oxygen atoms in total. The van der Waals surface area contributed by atoms with Gasteiger partial charge < -0.3 is 14.6 Å². The molecule has 0 radical (unpaired) electrons. The molecule has 1 aromatic carbocycles. The fourth-order valence-corrected chi connectivity index (χ4v) is 5.40. The summed E-state index contributed by atoms with van der Waals surface area (Å²) in [5.74, 6) is -0.240. The summed E-state index contributed by atoms with van der Waals surface area (Å²) in [5.41, 5.74) is 2.96. The number of aryl methyl sites for hydroxylation is 2. The summed E-state index contributed by atoms with van der Waals surface area (Å²) >= 11 is 0. The Kier molecular flexibility index (Phi) is 5.27. The van der Waals surface area contributed by atoms with Crippen LogP contribution in [0.4, 0.5) is 0 Å². The first-order valence-corrected chi connectivity index (χ1v) is 11.0. The molecule has 1 fully saturated rings. The van der Waals surface area contributed by atoms with Crippen LogP contribution >= 0.6 is 0 Å². The molecule has 2 aliphatic rings. The molecule has 8 heteroatoms. The van der Waals surface area contributed by atoms with E-state index in [-0.39, 0.29) is 16.8 Å². The first-order chi connectivity index (χ1) is 13.4. The summed E-state index contributed by atoms with van der Waals surface area (Å²) in [6.07, 6.45) is 4.12. The second-order valence-corrected chi connectivity index (χ2v) is 9.31. The van der Waals surface area contributed by atoms with Crippen molar-refractivity contribution in [1.82, 2.24) is 14.2 Å². The number of ether oxygens (including phenoxy) is 1. The van der Waals surface area contributed by atoms with Gasteiger partial charge in [-0.3, -0.25) is 4.79 Å². The van der Waals surface area contributed by atoms with E-state index in [1.165, 1.54) is 27.7 Å². The number of hydrogen-bond acceptors (Lipinski definition) is 4. The van der Waals surface area contributed by atoms with Gasteiger partial charge in [0.1, 0.15) is 10.6 Å². The summed E-state index contributed by atoms with van der Waals surface area (Å²) in [4.78, 5) is 13.0. The molecule has 1 saturated heterocycles. The first kappa shape index (κ1) is 19.2. The van der Waals surface area contributed by atoms with Crippen molar-refractivity contribution < 1.29 is 17.9 Å². The molecule has 1 amide bonds. The lowest BCUT2D eigenvalue weighted by molar-refractivity contribution is 0.0730. The number of sulfonamides is 1. The number of aromatic nitrogens is 1. The Morgan fingerprint density at radius 1 is 1.18 bits per heavy atom. The number of rotatable bonds is 4. The molecule has 1 aliphatic heterocycles. The molecule has 1 atom stereocenters. The lowest BCUT2D eigenvalue weighted by Crippen LogP contribution is -2.40. The number of benzene rings is 1. The van der Waals surface area contributed by atoms with Crippen LogP contribution in [0.2, 0.25) is 0 Å². The van der Waals surface area contributed by atoms with E-state index in [1.54, 1.807) is 11.6 Å². The van der Waals surface area contributed by atoms with Crippen LogP contribution in [0.3, 0.4) is 0 Å². The number of nitrogens with zero attached hydrogens (tertiary/aromatic N) is 2. The molecule has 0 saturated carbocycles. The maximum absolute atomic E-state index is 12.8. The molecule has 2 aromatic rings. The highest BCUT2D eigenvalue weighted by atomic mass is 32.2. The van der Waals surface area contributed by atoms with Gasteiger partial charge >= 0.3 is 0 Å². The number of fused-ring (bicyclic) bond motifs is 1. The van der Waals surface area contributed by atoms with Crippen molar-refractivity contribution in [1.29, 1.82) is 0 Å². The van der Waals surface area contributed by atoms with Crippen molar-refractivity contribution in [2.24, 2.45) is 7.05 Å². The van der Waals surface area contributed by atoms with Crippen molar-refractivity contribution in [3.8, 4) is 0 Å².